The molecule has 0 radical (unpaired) electrons. The molecule has 0 bridgehead atoms. The van der Waals surface area contributed by atoms with Crippen molar-refractivity contribution in [2.75, 3.05) is 38.3 Å². The Balaban J connectivity index is 0.00000148. The first-order chi connectivity index (χ1) is 20.0. The van der Waals surface area contributed by atoms with Gasteiger partial charge in [-0.15, -0.1) is 0 Å². The number of aliphatic hydroxyl groups is 1. The lowest BCUT2D eigenvalue weighted by molar-refractivity contribution is -0.438. The molecule has 2 heterocycles. The highest BCUT2D eigenvalue weighted by molar-refractivity contribution is 8.07. The minimum atomic E-state index is -3.16. The Morgan fingerprint density at radius 1 is 0.929 bits per heavy atom. The van der Waals surface area contributed by atoms with Gasteiger partial charge in [0.15, 0.2) is 12.3 Å². The number of nitrogens with zero attached hydrogens (tertiary/aromatic N) is 2. The Morgan fingerprint density at radius 2 is 1.55 bits per heavy atom. The van der Waals surface area contributed by atoms with Gasteiger partial charge in [0.05, 0.1) is 12.0 Å². The van der Waals surface area contributed by atoms with Gasteiger partial charge in [-0.05, 0) is 49.8 Å². The second-order valence-corrected chi connectivity index (χ2v) is 13.7. The molecule has 1 atom stereocenters. The van der Waals surface area contributed by atoms with Gasteiger partial charge in [0, 0.05) is 61.2 Å². The van der Waals surface area contributed by atoms with E-state index in [4.69, 9.17) is 20.9 Å². The molecule has 2 N–H and O–H groups in total. The molecule has 8 heteroatoms. The monoisotopic (exact) mass is 615 g/mol. The molecule has 2 aromatic rings. The van der Waals surface area contributed by atoms with Gasteiger partial charge in [-0.25, -0.2) is 0 Å². The van der Waals surface area contributed by atoms with E-state index in [9.17, 15) is 10.00 Å². The molecule has 0 saturated carbocycles. The third-order valence-electron chi connectivity index (χ3n) is 7.66. The number of allylic oxidation sites excluding steroid dienone is 4. The van der Waals surface area contributed by atoms with Crippen LogP contribution >= 0.6 is 6.72 Å². The van der Waals surface area contributed by atoms with Crippen molar-refractivity contribution >= 4 is 35.6 Å². The summed E-state index contributed by atoms with van der Waals surface area (Å²) in [4.78, 5) is 12.3. The number of hydrogen-bond acceptors (Lipinski definition) is 5. The van der Waals surface area contributed by atoms with Crippen LogP contribution in [0.2, 0.25) is 0 Å². The van der Waals surface area contributed by atoms with Gasteiger partial charge >= 0.3 is 6.72 Å². The second-order valence-electron chi connectivity index (χ2n) is 10.8. The summed E-state index contributed by atoms with van der Waals surface area (Å²) in [5.74, 6) is 0. The van der Waals surface area contributed by atoms with E-state index in [1.54, 1.807) is 0 Å². The van der Waals surface area contributed by atoms with Crippen molar-refractivity contribution in [1.82, 2.24) is 0 Å². The third-order valence-corrected chi connectivity index (χ3v) is 9.39. The number of para-hydroxylation sites is 2. The zero-order valence-electron chi connectivity index (χ0n) is 27.1. The minimum absolute atomic E-state index is 0.141. The summed E-state index contributed by atoms with van der Waals surface area (Å²) in [6.45, 7) is 15.9. The molecule has 0 spiro atoms. The second kappa shape index (κ2) is 16.1. The van der Waals surface area contributed by atoms with E-state index in [1.165, 1.54) is 41.0 Å². The van der Waals surface area contributed by atoms with Gasteiger partial charge in [0.25, 0.3) is 0 Å². The van der Waals surface area contributed by atoms with Crippen molar-refractivity contribution in [3.8, 4) is 0 Å². The summed E-state index contributed by atoms with van der Waals surface area (Å²) in [6.07, 6.45) is 8.03. The molecule has 2 aliphatic rings. The van der Waals surface area contributed by atoms with E-state index >= 15 is 0 Å². The van der Waals surface area contributed by atoms with E-state index in [1.807, 2.05) is 27.7 Å². The zero-order valence-corrected chi connectivity index (χ0v) is 28.8. The summed E-state index contributed by atoms with van der Waals surface area (Å²) in [5.41, 5.74) is 7.13. The molecule has 42 heavy (non-hydrogen) atoms. The van der Waals surface area contributed by atoms with E-state index < -0.39 is 6.72 Å². The lowest BCUT2D eigenvalue weighted by Gasteiger charge is -2.26. The maximum Gasteiger partial charge on any atom is 0.324 e. The third kappa shape index (κ3) is 7.88. The van der Waals surface area contributed by atoms with Crippen LogP contribution in [0.5, 0.6) is 0 Å². The molecule has 0 amide bonds. The van der Waals surface area contributed by atoms with Crippen molar-refractivity contribution < 1.29 is 23.6 Å². The average Bonchev–Trinajstić information content (AvgIpc) is 3.35. The first-order valence-corrected chi connectivity index (χ1v) is 17.8. The average molecular weight is 616 g/mol. The topological polar surface area (TPSA) is 65.2 Å². The van der Waals surface area contributed by atoms with E-state index in [2.05, 4.69) is 104 Å². The van der Waals surface area contributed by atoms with Crippen LogP contribution in [0.3, 0.4) is 0 Å². The zero-order chi connectivity index (χ0) is 31.6. The molecule has 0 saturated heterocycles. The summed E-state index contributed by atoms with van der Waals surface area (Å²) >= 11 is 4.97. The molecule has 0 fully saturated rings. The fraction of sp³-hybridized carbons (Fsp3) is 0.500. The van der Waals surface area contributed by atoms with Crippen molar-refractivity contribution in [2.45, 2.75) is 79.1 Å². The number of rotatable bonds is 11. The Labute approximate surface area is 259 Å². The van der Waals surface area contributed by atoms with Crippen LogP contribution in [0.15, 0.2) is 72.5 Å². The van der Waals surface area contributed by atoms with Gasteiger partial charge in [-0.3, -0.25) is 0 Å². The SMILES string of the molecule is CC.CC.COP(O)(=S)OCCC[N+]1=C(/C=C/C=C2/N(CCCO)c3ccccc3C2(C)C)C(C)(C)c2ccccc21. The Bertz CT molecular complexity index is 1320. The Hall–Kier alpha value is -2.12. The maximum atomic E-state index is 9.94. The molecule has 4 rings (SSSR count). The lowest BCUT2D eigenvalue weighted by Crippen LogP contribution is -2.28. The van der Waals surface area contributed by atoms with Crippen LogP contribution in [-0.4, -0.2) is 53.7 Å². The lowest BCUT2D eigenvalue weighted by atomic mass is 9.81. The Kier molecular flexibility index (Phi) is 13.8. The Morgan fingerprint density at radius 3 is 2.19 bits per heavy atom. The molecular weight excluding hydrogens is 563 g/mol. The minimum Gasteiger partial charge on any atom is -0.396 e. The first-order valence-electron chi connectivity index (χ1n) is 15.2. The quantitative estimate of drug-likeness (QED) is 0.152. The summed E-state index contributed by atoms with van der Waals surface area (Å²) in [7, 11) is 1.38. The highest BCUT2D eigenvalue weighted by atomic mass is 32.5. The molecule has 0 aromatic heterocycles. The van der Waals surface area contributed by atoms with Gasteiger partial charge in [0.2, 0.25) is 5.69 Å². The summed E-state index contributed by atoms with van der Waals surface area (Å²) in [5, 5.41) is 9.53. The van der Waals surface area contributed by atoms with Gasteiger partial charge in [0.1, 0.15) is 0 Å². The molecule has 1 unspecified atom stereocenters. The molecule has 2 aromatic carbocycles. The molecular formula is C34H52N2O4PS+. The first kappa shape index (κ1) is 36.1. The predicted octanol–water partition coefficient (Wildman–Crippen LogP) is 8.01. The fourth-order valence-corrected chi connectivity index (χ4v) is 6.37. The van der Waals surface area contributed by atoms with Gasteiger partial charge in [-0.1, -0.05) is 84.0 Å². The van der Waals surface area contributed by atoms with Crippen molar-refractivity contribution in [3.63, 3.8) is 0 Å². The predicted molar refractivity (Wildman–Crippen MR) is 182 cm³/mol. The molecule has 2 aliphatic heterocycles. The number of benzene rings is 2. The largest absolute Gasteiger partial charge is 0.396 e. The normalized spacial score (nSPS) is 18.6. The number of anilines is 1. The van der Waals surface area contributed by atoms with Crippen molar-refractivity contribution in [1.29, 1.82) is 0 Å². The smallest absolute Gasteiger partial charge is 0.324 e. The number of fused-ring (bicyclic) bond motifs is 2. The number of aliphatic hydroxyl groups excluding tert-OH is 1. The standard InChI is InChI=1S/C30H39N2O4PS.2C2H6/c1-29(2)23-13-6-8-15-25(23)31(19-11-21-33)27(29)17-10-18-28-30(3,4)24-14-7-9-16-26(24)32(28)20-12-22-36-37(34,38)35-5;2*1-2/h6-10,13-18,33H,11-12,19-22H2,1-5H3;2*1-2H3/p+1. The van der Waals surface area contributed by atoms with Crippen molar-refractivity contribution in [2.24, 2.45) is 0 Å². The highest BCUT2D eigenvalue weighted by Crippen LogP contribution is 2.48. The number of hydrogen-bond donors (Lipinski definition) is 2. The van der Waals surface area contributed by atoms with Crippen LogP contribution < -0.4 is 4.90 Å². The molecule has 232 valence electrons. The van der Waals surface area contributed by atoms with E-state index in [0.717, 1.165) is 13.1 Å². The van der Waals surface area contributed by atoms with Crippen LogP contribution in [0.1, 0.15) is 79.4 Å². The maximum absolute atomic E-state index is 9.94. The van der Waals surface area contributed by atoms with Gasteiger partial charge in [-0.2, -0.15) is 4.58 Å². The van der Waals surface area contributed by atoms with Crippen LogP contribution in [0.4, 0.5) is 11.4 Å². The van der Waals surface area contributed by atoms with Crippen LogP contribution in [0.25, 0.3) is 0 Å². The fourth-order valence-electron chi connectivity index (χ4n) is 5.68. The highest BCUT2D eigenvalue weighted by Gasteiger charge is 2.44. The van der Waals surface area contributed by atoms with Crippen LogP contribution in [0, 0.1) is 0 Å². The molecule has 0 aliphatic carbocycles. The van der Waals surface area contributed by atoms with E-state index in [-0.39, 0.29) is 17.4 Å². The molecule has 6 nitrogen and oxygen atoms in total. The van der Waals surface area contributed by atoms with Crippen LogP contribution in [-0.2, 0) is 31.7 Å². The summed E-state index contributed by atoms with van der Waals surface area (Å²) < 4.78 is 12.7. The summed E-state index contributed by atoms with van der Waals surface area (Å²) in [6, 6.07) is 17.1. The van der Waals surface area contributed by atoms with E-state index in [0.29, 0.717) is 19.4 Å². The van der Waals surface area contributed by atoms with Gasteiger partial charge < -0.3 is 23.9 Å². The van der Waals surface area contributed by atoms with Crippen molar-refractivity contribution in [3.05, 3.63) is 83.6 Å².